The number of nitrogens with one attached hydrogen (secondary N) is 3. The van der Waals surface area contributed by atoms with Crippen molar-refractivity contribution in [3.05, 3.63) is 71.1 Å². The van der Waals surface area contributed by atoms with Crippen molar-refractivity contribution < 1.29 is 18.8 Å². The fraction of sp³-hybridized carbons (Fsp3) is 0.190. The Kier molecular flexibility index (Phi) is 6.13. The summed E-state index contributed by atoms with van der Waals surface area (Å²) in [4.78, 5) is 23.7. The molecule has 29 heavy (non-hydrogen) atoms. The second-order valence-electron chi connectivity index (χ2n) is 6.35. The first-order valence-electron chi connectivity index (χ1n) is 9.01. The van der Waals surface area contributed by atoms with E-state index >= 15 is 0 Å². The Morgan fingerprint density at radius 3 is 2.14 bits per heavy atom. The lowest BCUT2D eigenvalue weighted by Gasteiger charge is -2.09. The summed E-state index contributed by atoms with van der Waals surface area (Å²) in [6.07, 6.45) is 0. The highest BCUT2D eigenvalue weighted by molar-refractivity contribution is 6.04. The minimum Gasteiger partial charge on any atom is -0.489 e. The van der Waals surface area contributed by atoms with Crippen molar-refractivity contribution in [2.45, 2.75) is 20.5 Å². The van der Waals surface area contributed by atoms with Crippen LogP contribution in [0, 0.1) is 13.8 Å². The van der Waals surface area contributed by atoms with Gasteiger partial charge >= 0.3 is 6.03 Å². The van der Waals surface area contributed by atoms with Crippen LogP contribution in [0.1, 0.15) is 27.4 Å². The van der Waals surface area contributed by atoms with E-state index in [1.165, 1.54) is 7.05 Å². The van der Waals surface area contributed by atoms with E-state index in [1.54, 1.807) is 48.5 Å². The Bertz CT molecular complexity index is 975. The lowest BCUT2D eigenvalue weighted by molar-refractivity contribution is 0.102. The maximum absolute atomic E-state index is 12.4. The van der Waals surface area contributed by atoms with Crippen LogP contribution >= 0.6 is 0 Å². The van der Waals surface area contributed by atoms with Gasteiger partial charge < -0.3 is 25.2 Å². The van der Waals surface area contributed by atoms with Gasteiger partial charge in [0, 0.05) is 24.0 Å². The van der Waals surface area contributed by atoms with Crippen LogP contribution in [0.25, 0.3) is 0 Å². The number of urea groups is 1. The number of hydrogen-bond donors (Lipinski definition) is 3. The summed E-state index contributed by atoms with van der Waals surface area (Å²) < 4.78 is 10.9. The lowest BCUT2D eigenvalue weighted by Crippen LogP contribution is -2.24. The zero-order valence-electron chi connectivity index (χ0n) is 16.4. The van der Waals surface area contributed by atoms with Gasteiger partial charge in [-0.3, -0.25) is 4.79 Å². The van der Waals surface area contributed by atoms with E-state index in [1.807, 2.05) is 13.8 Å². The average molecular weight is 394 g/mol. The van der Waals surface area contributed by atoms with Gasteiger partial charge in [-0.2, -0.15) is 0 Å². The molecule has 0 bridgehead atoms. The smallest absolute Gasteiger partial charge is 0.318 e. The second-order valence-corrected chi connectivity index (χ2v) is 6.35. The summed E-state index contributed by atoms with van der Waals surface area (Å²) in [5.74, 6) is 1.13. The molecule has 8 heteroatoms. The summed E-state index contributed by atoms with van der Waals surface area (Å²) in [7, 11) is 1.54. The maximum atomic E-state index is 12.4. The van der Waals surface area contributed by atoms with Crippen molar-refractivity contribution in [1.29, 1.82) is 0 Å². The summed E-state index contributed by atoms with van der Waals surface area (Å²) >= 11 is 0. The molecule has 3 N–H and O–H groups in total. The molecule has 0 unspecified atom stereocenters. The summed E-state index contributed by atoms with van der Waals surface area (Å²) in [5, 5.41) is 11.8. The van der Waals surface area contributed by atoms with Gasteiger partial charge in [-0.15, -0.1) is 0 Å². The average Bonchev–Trinajstić information content (AvgIpc) is 3.05. The number of ether oxygens (including phenoxy) is 1. The third kappa shape index (κ3) is 5.13. The van der Waals surface area contributed by atoms with E-state index < -0.39 is 0 Å². The normalized spacial score (nSPS) is 10.3. The monoisotopic (exact) mass is 394 g/mol. The molecule has 0 aliphatic rings. The zero-order chi connectivity index (χ0) is 20.8. The molecule has 8 nitrogen and oxygen atoms in total. The van der Waals surface area contributed by atoms with Gasteiger partial charge in [0.15, 0.2) is 0 Å². The fourth-order valence-electron chi connectivity index (χ4n) is 2.60. The second kappa shape index (κ2) is 8.92. The van der Waals surface area contributed by atoms with Crippen LogP contribution in [0.15, 0.2) is 53.1 Å². The molecule has 150 valence electrons. The predicted molar refractivity (Wildman–Crippen MR) is 109 cm³/mol. The standard InChI is InChI=1S/C21H22N4O4/c1-13-19(14(2)29-25-13)12-28-18-10-4-15(5-11-18)20(26)23-16-6-8-17(9-7-16)24-21(27)22-3/h4-11H,12H2,1-3H3,(H,23,26)(H2,22,24,27). The van der Waals surface area contributed by atoms with Crippen molar-refractivity contribution in [2.75, 3.05) is 17.7 Å². The molecule has 3 amide bonds. The minimum absolute atomic E-state index is 0.241. The van der Waals surface area contributed by atoms with Crippen LogP contribution in [0.5, 0.6) is 5.75 Å². The lowest BCUT2D eigenvalue weighted by atomic mass is 10.2. The van der Waals surface area contributed by atoms with Crippen molar-refractivity contribution >= 4 is 23.3 Å². The molecule has 0 atom stereocenters. The fourth-order valence-corrected chi connectivity index (χ4v) is 2.60. The summed E-state index contributed by atoms with van der Waals surface area (Å²) in [6, 6.07) is 13.4. The highest BCUT2D eigenvalue weighted by Gasteiger charge is 2.10. The third-order valence-electron chi connectivity index (χ3n) is 4.31. The molecule has 0 spiro atoms. The van der Waals surface area contributed by atoms with Gasteiger partial charge in [0.2, 0.25) is 0 Å². The number of carbonyl (C=O) groups excluding carboxylic acids is 2. The number of anilines is 2. The maximum Gasteiger partial charge on any atom is 0.318 e. The van der Waals surface area contributed by atoms with Crippen LogP contribution in [0.2, 0.25) is 0 Å². The third-order valence-corrected chi connectivity index (χ3v) is 4.31. The van der Waals surface area contributed by atoms with E-state index in [4.69, 9.17) is 9.26 Å². The molecule has 3 aromatic rings. The van der Waals surface area contributed by atoms with Crippen LogP contribution in [0.4, 0.5) is 16.2 Å². The van der Waals surface area contributed by atoms with Crippen LogP contribution < -0.4 is 20.7 Å². The Balaban J connectivity index is 1.56. The highest BCUT2D eigenvalue weighted by Crippen LogP contribution is 2.19. The van der Waals surface area contributed by atoms with E-state index in [2.05, 4.69) is 21.1 Å². The molecule has 1 heterocycles. The van der Waals surface area contributed by atoms with Gasteiger partial charge in [0.05, 0.1) is 11.3 Å². The number of amides is 3. The van der Waals surface area contributed by atoms with Crippen molar-refractivity contribution in [3.8, 4) is 5.75 Å². The minimum atomic E-state index is -0.307. The van der Waals surface area contributed by atoms with Gasteiger partial charge in [0.25, 0.3) is 5.91 Å². The molecule has 3 rings (SSSR count). The summed E-state index contributed by atoms with van der Waals surface area (Å²) in [6.45, 7) is 4.06. The number of aryl methyl sites for hydroxylation is 2. The molecule has 0 radical (unpaired) electrons. The first-order valence-corrected chi connectivity index (χ1v) is 9.01. The quantitative estimate of drug-likeness (QED) is 0.588. The number of carbonyl (C=O) groups is 2. The Hall–Kier alpha value is -3.81. The van der Waals surface area contributed by atoms with E-state index in [-0.39, 0.29) is 11.9 Å². The number of rotatable bonds is 6. The number of benzene rings is 2. The molecule has 0 saturated carbocycles. The molecule has 2 aromatic carbocycles. The van der Waals surface area contributed by atoms with Crippen LogP contribution in [-0.4, -0.2) is 24.1 Å². The van der Waals surface area contributed by atoms with Crippen molar-refractivity contribution in [2.24, 2.45) is 0 Å². The molecule has 0 aliphatic carbocycles. The first kappa shape index (κ1) is 19.9. The Labute approximate surface area is 168 Å². The Morgan fingerprint density at radius 2 is 1.59 bits per heavy atom. The topological polar surface area (TPSA) is 105 Å². The molecular formula is C21H22N4O4. The Morgan fingerprint density at radius 1 is 0.966 bits per heavy atom. The molecular weight excluding hydrogens is 372 g/mol. The van der Waals surface area contributed by atoms with Crippen molar-refractivity contribution in [1.82, 2.24) is 10.5 Å². The molecule has 1 aromatic heterocycles. The van der Waals surface area contributed by atoms with Gasteiger partial charge in [-0.1, -0.05) is 5.16 Å². The number of aromatic nitrogens is 1. The molecule has 0 fully saturated rings. The number of hydrogen-bond acceptors (Lipinski definition) is 5. The zero-order valence-corrected chi connectivity index (χ0v) is 16.4. The van der Waals surface area contributed by atoms with E-state index in [9.17, 15) is 9.59 Å². The largest absolute Gasteiger partial charge is 0.489 e. The van der Waals surface area contributed by atoms with E-state index in [0.717, 1.165) is 17.0 Å². The SMILES string of the molecule is CNC(=O)Nc1ccc(NC(=O)c2ccc(OCc3c(C)noc3C)cc2)cc1. The van der Waals surface area contributed by atoms with E-state index in [0.29, 0.717) is 29.3 Å². The summed E-state index contributed by atoms with van der Waals surface area (Å²) in [5.41, 5.74) is 3.47. The predicted octanol–water partition coefficient (Wildman–Crippen LogP) is 3.87. The molecule has 0 saturated heterocycles. The van der Waals surface area contributed by atoms with Crippen molar-refractivity contribution in [3.63, 3.8) is 0 Å². The highest BCUT2D eigenvalue weighted by atomic mass is 16.5. The van der Waals surface area contributed by atoms with Gasteiger partial charge in [0.1, 0.15) is 18.1 Å². The van der Waals surface area contributed by atoms with Crippen LogP contribution in [0.3, 0.4) is 0 Å². The molecule has 0 aliphatic heterocycles. The van der Waals surface area contributed by atoms with Gasteiger partial charge in [-0.05, 0) is 62.4 Å². The number of nitrogens with zero attached hydrogens (tertiary/aromatic N) is 1. The first-order chi connectivity index (χ1) is 14.0. The van der Waals surface area contributed by atoms with Gasteiger partial charge in [-0.25, -0.2) is 4.79 Å². The van der Waals surface area contributed by atoms with Crippen LogP contribution in [-0.2, 0) is 6.61 Å².